The van der Waals surface area contributed by atoms with E-state index in [9.17, 15) is 4.57 Å². The van der Waals surface area contributed by atoms with Crippen LogP contribution in [-0.2, 0) is 9.09 Å². The first-order chi connectivity index (χ1) is 5.58. The molecule has 0 aliphatic carbocycles. The Morgan fingerprint density at radius 3 is 2.42 bits per heavy atom. The van der Waals surface area contributed by atoms with Crippen LogP contribution in [0.15, 0.2) is 0 Å². The molecule has 0 saturated heterocycles. The molecule has 0 rings (SSSR count). The van der Waals surface area contributed by atoms with E-state index in [-0.39, 0.29) is 12.7 Å². The van der Waals surface area contributed by atoms with Crippen LogP contribution in [0.5, 0.6) is 0 Å². The second kappa shape index (κ2) is 5.74. The number of aliphatic hydroxyl groups is 1. The quantitative estimate of drug-likeness (QED) is 0.658. The Morgan fingerprint density at radius 1 is 1.50 bits per heavy atom. The monoisotopic (exact) mass is 194 g/mol. The fraction of sp³-hybridized carbons (Fsp3) is 1.00. The van der Waals surface area contributed by atoms with Gasteiger partial charge in [0, 0.05) is 12.3 Å². The van der Waals surface area contributed by atoms with E-state index in [1.54, 1.807) is 6.92 Å². The topological polar surface area (TPSA) is 46.5 Å². The summed E-state index contributed by atoms with van der Waals surface area (Å²) in [4.78, 5) is 0. The van der Waals surface area contributed by atoms with Crippen LogP contribution in [0.4, 0.5) is 0 Å². The molecule has 2 unspecified atom stereocenters. The highest BCUT2D eigenvalue weighted by Crippen LogP contribution is 2.47. The maximum atomic E-state index is 11.8. The molecule has 0 bridgehead atoms. The van der Waals surface area contributed by atoms with Crippen molar-refractivity contribution in [3.05, 3.63) is 0 Å². The lowest BCUT2D eigenvalue weighted by Crippen LogP contribution is -2.13. The Morgan fingerprint density at radius 2 is 2.08 bits per heavy atom. The zero-order chi connectivity index (χ0) is 9.61. The largest absolute Gasteiger partial charge is 0.394 e. The van der Waals surface area contributed by atoms with E-state index in [1.165, 1.54) is 0 Å². The molecule has 74 valence electrons. The van der Waals surface area contributed by atoms with Gasteiger partial charge in [-0.25, -0.2) is 0 Å². The summed E-state index contributed by atoms with van der Waals surface area (Å²) in [5, 5.41) is 8.72. The number of hydrogen-bond acceptors (Lipinski definition) is 3. The van der Waals surface area contributed by atoms with E-state index in [2.05, 4.69) is 0 Å². The van der Waals surface area contributed by atoms with E-state index in [4.69, 9.17) is 9.63 Å². The molecule has 12 heavy (non-hydrogen) atoms. The Balaban J connectivity index is 4.04. The predicted octanol–water partition coefficient (Wildman–Crippen LogP) is 2.09. The van der Waals surface area contributed by atoms with Crippen LogP contribution in [0.2, 0.25) is 0 Å². The van der Waals surface area contributed by atoms with Gasteiger partial charge in [-0.1, -0.05) is 13.8 Å². The summed E-state index contributed by atoms with van der Waals surface area (Å²) in [6, 6.07) is 0. The number of hydrogen-bond donors (Lipinski definition) is 1. The summed E-state index contributed by atoms with van der Waals surface area (Å²) in [6.07, 6.45) is 1.74. The second-order valence-electron chi connectivity index (χ2n) is 2.95. The predicted molar refractivity (Wildman–Crippen MR) is 50.9 cm³/mol. The van der Waals surface area contributed by atoms with Crippen LogP contribution in [-0.4, -0.2) is 30.1 Å². The minimum Gasteiger partial charge on any atom is -0.394 e. The minimum atomic E-state index is -2.43. The molecule has 3 nitrogen and oxygen atoms in total. The summed E-state index contributed by atoms with van der Waals surface area (Å²) in [6.45, 7) is 5.52. The molecule has 0 saturated carbocycles. The lowest BCUT2D eigenvalue weighted by molar-refractivity contribution is 0.132. The standard InChI is InChI=1S/C8H19O3P/c1-4-6-12(10,5-2)11-8(3)7-9/h8-9H,4-7H2,1-3H3. The molecule has 1 N–H and O–H groups in total. The molecule has 0 fully saturated rings. The first-order valence-electron chi connectivity index (χ1n) is 4.45. The highest BCUT2D eigenvalue weighted by Gasteiger charge is 2.21. The van der Waals surface area contributed by atoms with Gasteiger partial charge < -0.3 is 9.63 Å². The van der Waals surface area contributed by atoms with Gasteiger partial charge in [0.15, 0.2) is 0 Å². The molecule has 0 aliphatic rings. The highest BCUT2D eigenvalue weighted by molar-refractivity contribution is 7.58. The van der Waals surface area contributed by atoms with Crippen LogP contribution >= 0.6 is 7.37 Å². The first-order valence-corrected chi connectivity index (χ1v) is 6.44. The van der Waals surface area contributed by atoms with Crippen molar-refractivity contribution in [2.75, 3.05) is 18.9 Å². The van der Waals surface area contributed by atoms with E-state index in [0.29, 0.717) is 12.3 Å². The van der Waals surface area contributed by atoms with Crippen molar-refractivity contribution >= 4 is 7.37 Å². The molecular formula is C8H19O3P. The van der Waals surface area contributed by atoms with E-state index in [1.807, 2.05) is 13.8 Å². The number of aliphatic hydroxyl groups excluding tert-OH is 1. The maximum Gasteiger partial charge on any atom is 0.203 e. The van der Waals surface area contributed by atoms with Gasteiger partial charge in [-0.05, 0) is 13.3 Å². The summed E-state index contributed by atoms with van der Waals surface area (Å²) in [5.41, 5.74) is 0. The van der Waals surface area contributed by atoms with Crippen molar-refractivity contribution < 1.29 is 14.2 Å². The van der Waals surface area contributed by atoms with Crippen molar-refractivity contribution in [1.29, 1.82) is 0 Å². The van der Waals surface area contributed by atoms with Crippen LogP contribution in [0.25, 0.3) is 0 Å². The molecule has 0 aromatic rings. The van der Waals surface area contributed by atoms with Gasteiger partial charge in [-0.15, -0.1) is 0 Å². The zero-order valence-corrected chi connectivity index (χ0v) is 9.01. The summed E-state index contributed by atoms with van der Waals surface area (Å²) < 4.78 is 17.1. The van der Waals surface area contributed by atoms with Gasteiger partial charge in [-0.3, -0.25) is 4.57 Å². The highest BCUT2D eigenvalue weighted by atomic mass is 31.2. The summed E-state index contributed by atoms with van der Waals surface area (Å²) >= 11 is 0. The Bertz CT molecular complexity index is 158. The molecule has 0 radical (unpaired) electrons. The summed E-state index contributed by atoms with van der Waals surface area (Å²) in [5.74, 6) is 0. The fourth-order valence-corrected chi connectivity index (χ4v) is 2.96. The molecule has 2 atom stereocenters. The van der Waals surface area contributed by atoms with Gasteiger partial charge >= 0.3 is 0 Å². The van der Waals surface area contributed by atoms with Gasteiger partial charge in [0.25, 0.3) is 0 Å². The molecule has 0 amide bonds. The third kappa shape index (κ3) is 4.24. The van der Waals surface area contributed by atoms with Gasteiger partial charge in [0.1, 0.15) is 0 Å². The molecule has 0 heterocycles. The lowest BCUT2D eigenvalue weighted by atomic mass is 10.5. The zero-order valence-electron chi connectivity index (χ0n) is 8.12. The van der Waals surface area contributed by atoms with E-state index < -0.39 is 7.37 Å². The lowest BCUT2D eigenvalue weighted by Gasteiger charge is -2.19. The average molecular weight is 194 g/mol. The van der Waals surface area contributed by atoms with Crippen LogP contribution in [0.3, 0.4) is 0 Å². The molecular weight excluding hydrogens is 175 g/mol. The van der Waals surface area contributed by atoms with Gasteiger partial charge in [0.05, 0.1) is 12.7 Å². The van der Waals surface area contributed by atoms with Crippen LogP contribution in [0, 0.1) is 0 Å². The van der Waals surface area contributed by atoms with Crippen molar-refractivity contribution in [2.45, 2.75) is 33.3 Å². The number of rotatable bonds is 6. The van der Waals surface area contributed by atoms with Crippen LogP contribution < -0.4 is 0 Å². The maximum absolute atomic E-state index is 11.8. The molecule has 0 aromatic heterocycles. The van der Waals surface area contributed by atoms with Crippen LogP contribution in [0.1, 0.15) is 27.2 Å². The van der Waals surface area contributed by atoms with Crippen molar-refractivity contribution in [3.8, 4) is 0 Å². The van der Waals surface area contributed by atoms with Gasteiger partial charge in [0.2, 0.25) is 7.37 Å². The third-order valence-corrected chi connectivity index (χ3v) is 4.51. The van der Waals surface area contributed by atoms with Gasteiger partial charge in [-0.2, -0.15) is 0 Å². The normalized spacial score (nSPS) is 18.7. The molecule has 0 spiro atoms. The second-order valence-corrected chi connectivity index (χ2v) is 5.87. The van der Waals surface area contributed by atoms with E-state index in [0.717, 1.165) is 6.42 Å². The summed E-state index contributed by atoms with van der Waals surface area (Å²) in [7, 11) is -2.43. The van der Waals surface area contributed by atoms with E-state index >= 15 is 0 Å². The Kier molecular flexibility index (Phi) is 5.81. The Labute approximate surface area is 74.6 Å². The average Bonchev–Trinajstić information content (AvgIpc) is 2.05. The molecule has 0 aliphatic heterocycles. The SMILES string of the molecule is CCCP(=O)(CC)OC(C)CO. The van der Waals surface area contributed by atoms with Crippen molar-refractivity contribution in [1.82, 2.24) is 0 Å². The molecule has 0 aromatic carbocycles. The van der Waals surface area contributed by atoms with Crippen molar-refractivity contribution in [2.24, 2.45) is 0 Å². The smallest absolute Gasteiger partial charge is 0.203 e. The molecule has 4 heteroatoms. The first kappa shape index (κ1) is 12.2. The third-order valence-electron chi connectivity index (χ3n) is 1.68. The Hall–Kier alpha value is 0.150. The minimum absolute atomic E-state index is 0.0618. The fourth-order valence-electron chi connectivity index (χ4n) is 0.987. The van der Waals surface area contributed by atoms with Crippen molar-refractivity contribution in [3.63, 3.8) is 0 Å².